The maximum atomic E-state index is 10.3. The number of hydrogen-bond donors (Lipinski definition) is 1. The van der Waals surface area contributed by atoms with Gasteiger partial charge in [-0.25, -0.2) is 0 Å². The van der Waals surface area contributed by atoms with E-state index < -0.39 is 20.8 Å². The van der Waals surface area contributed by atoms with Crippen molar-refractivity contribution in [1.82, 2.24) is 0 Å². The molecule has 2 aromatic rings. The molecule has 0 aliphatic rings. The summed E-state index contributed by atoms with van der Waals surface area (Å²) in [4.78, 5) is 4.38. The molecule has 2 aromatic carbocycles. The summed E-state index contributed by atoms with van der Waals surface area (Å²) in [7, 11) is 9.87. The zero-order valence-corrected chi connectivity index (χ0v) is 16.8. The molecule has 0 saturated carbocycles. The van der Waals surface area contributed by atoms with Crippen LogP contribution in [0, 0.1) is 0 Å². The van der Waals surface area contributed by atoms with E-state index in [0.29, 0.717) is 5.75 Å². The Bertz CT molecular complexity index is 610. The molecule has 0 aliphatic heterocycles. The molecule has 22 heavy (non-hydrogen) atoms. The standard InChI is InChI=1S/C17H19NO.2ClH.Zr/c1-17(2,3)15-11-7-8-13(16(15)19)12-18-14-9-5-4-6-10-14;;;/h4-12,19H,1-3H3;2*1H;/q;;;+2/p-2. The second-order valence-electron chi connectivity index (χ2n) is 5.66. The van der Waals surface area contributed by atoms with Crippen molar-refractivity contribution in [1.29, 1.82) is 0 Å². The van der Waals surface area contributed by atoms with Crippen LogP contribution in [0.3, 0.4) is 0 Å². The second kappa shape index (κ2) is 9.50. The number of aromatic hydroxyl groups is 1. The van der Waals surface area contributed by atoms with Crippen LogP contribution in [-0.2, 0) is 26.3 Å². The summed E-state index contributed by atoms with van der Waals surface area (Å²) in [5.41, 5.74) is 2.48. The third-order valence-electron chi connectivity index (χ3n) is 2.98. The number of phenolic OH excluding ortho intramolecular Hbond substituents is 1. The third-order valence-corrected chi connectivity index (χ3v) is 2.98. The van der Waals surface area contributed by atoms with Crippen molar-refractivity contribution in [2.45, 2.75) is 26.2 Å². The Balaban J connectivity index is 0.000000745. The summed E-state index contributed by atoms with van der Waals surface area (Å²) < 4.78 is 0. The van der Waals surface area contributed by atoms with E-state index in [4.69, 9.17) is 17.0 Å². The van der Waals surface area contributed by atoms with Crippen molar-refractivity contribution in [2.75, 3.05) is 0 Å². The van der Waals surface area contributed by atoms with E-state index in [-0.39, 0.29) is 5.41 Å². The second-order valence-corrected chi connectivity index (χ2v) is 9.39. The van der Waals surface area contributed by atoms with Crippen molar-refractivity contribution in [3.63, 3.8) is 0 Å². The molecule has 0 radical (unpaired) electrons. The van der Waals surface area contributed by atoms with Gasteiger partial charge in [-0.05, 0) is 29.2 Å². The topological polar surface area (TPSA) is 32.6 Å². The summed E-state index contributed by atoms with van der Waals surface area (Å²) in [6.45, 7) is 6.25. The molecule has 116 valence electrons. The molecular weight excluding hydrogens is 396 g/mol. The normalized spacial score (nSPS) is 11.0. The van der Waals surface area contributed by atoms with Crippen LogP contribution < -0.4 is 0 Å². The van der Waals surface area contributed by atoms with Crippen LogP contribution in [0.15, 0.2) is 53.5 Å². The van der Waals surface area contributed by atoms with Gasteiger partial charge >= 0.3 is 37.9 Å². The molecule has 2 nitrogen and oxygen atoms in total. The molecule has 0 bridgehead atoms. The first-order valence-corrected chi connectivity index (χ1v) is 13.1. The predicted octanol–water partition coefficient (Wildman–Crippen LogP) is 5.82. The molecule has 1 N–H and O–H groups in total. The Morgan fingerprint density at radius 2 is 1.59 bits per heavy atom. The average Bonchev–Trinajstić information content (AvgIpc) is 2.47. The van der Waals surface area contributed by atoms with Gasteiger partial charge in [-0.3, -0.25) is 4.99 Å². The van der Waals surface area contributed by atoms with Crippen LogP contribution in [0.4, 0.5) is 5.69 Å². The van der Waals surface area contributed by atoms with Crippen molar-refractivity contribution in [2.24, 2.45) is 4.99 Å². The van der Waals surface area contributed by atoms with Crippen molar-refractivity contribution < 1.29 is 26.0 Å². The molecule has 0 amide bonds. The fraction of sp³-hybridized carbons (Fsp3) is 0.235. The molecule has 0 heterocycles. The van der Waals surface area contributed by atoms with Crippen molar-refractivity contribution in [3.05, 3.63) is 59.7 Å². The Morgan fingerprint density at radius 1 is 1.00 bits per heavy atom. The number of aliphatic imine (C=N–C) groups is 1. The van der Waals surface area contributed by atoms with E-state index in [2.05, 4.69) is 25.8 Å². The zero-order valence-electron chi connectivity index (χ0n) is 12.8. The average molecular weight is 415 g/mol. The van der Waals surface area contributed by atoms with Gasteiger partial charge in [0.05, 0.1) is 5.69 Å². The van der Waals surface area contributed by atoms with E-state index >= 15 is 0 Å². The van der Waals surface area contributed by atoms with Gasteiger partial charge in [-0.1, -0.05) is 51.1 Å². The minimum absolute atomic E-state index is 0.0827. The van der Waals surface area contributed by atoms with Crippen molar-refractivity contribution >= 4 is 28.9 Å². The quantitative estimate of drug-likeness (QED) is 0.616. The van der Waals surface area contributed by atoms with Gasteiger partial charge in [0.1, 0.15) is 5.75 Å². The first-order valence-electron chi connectivity index (χ1n) is 6.78. The summed E-state index contributed by atoms with van der Waals surface area (Å²) in [6.07, 6.45) is 1.71. The number of rotatable bonds is 2. The Kier molecular flexibility index (Phi) is 8.38. The molecule has 0 fully saturated rings. The molecule has 0 atom stereocenters. The van der Waals surface area contributed by atoms with Gasteiger partial charge in [0.25, 0.3) is 0 Å². The summed E-state index contributed by atoms with van der Waals surface area (Å²) in [6, 6.07) is 15.5. The van der Waals surface area contributed by atoms with E-state index in [1.807, 2.05) is 48.5 Å². The van der Waals surface area contributed by atoms with Crippen LogP contribution in [0.1, 0.15) is 31.9 Å². The SMILES string of the molecule is CC(C)(C)c1cccc(C=Nc2ccccc2)c1O.[Cl][Zr][Cl]. The van der Waals surface area contributed by atoms with Crippen LogP contribution in [0.2, 0.25) is 0 Å². The fourth-order valence-corrected chi connectivity index (χ4v) is 1.93. The molecular formula is C17H19Cl2NOZr. The molecule has 5 heteroatoms. The summed E-state index contributed by atoms with van der Waals surface area (Å²) >= 11 is -0.826. The maximum absolute atomic E-state index is 10.3. The zero-order chi connectivity index (χ0) is 16.6. The van der Waals surface area contributed by atoms with Gasteiger partial charge in [-0.2, -0.15) is 0 Å². The Labute approximate surface area is 150 Å². The number of benzene rings is 2. The van der Waals surface area contributed by atoms with E-state index in [1.54, 1.807) is 6.21 Å². The number of phenols is 1. The predicted molar refractivity (Wildman–Crippen MR) is 92.2 cm³/mol. The first-order chi connectivity index (χ1) is 10.4. The first kappa shape index (κ1) is 19.4. The molecule has 0 saturated heterocycles. The van der Waals surface area contributed by atoms with Gasteiger partial charge in [0.15, 0.2) is 0 Å². The number of nitrogens with zero attached hydrogens (tertiary/aromatic N) is 1. The minimum atomic E-state index is -0.826. The molecule has 0 spiro atoms. The number of hydrogen-bond acceptors (Lipinski definition) is 2. The fourth-order valence-electron chi connectivity index (χ4n) is 1.93. The Hall–Kier alpha value is -0.627. The van der Waals surface area contributed by atoms with Crippen LogP contribution in [0.25, 0.3) is 0 Å². The van der Waals surface area contributed by atoms with Crippen LogP contribution in [0.5, 0.6) is 5.75 Å². The Morgan fingerprint density at radius 3 is 2.14 bits per heavy atom. The third kappa shape index (κ3) is 6.24. The van der Waals surface area contributed by atoms with Gasteiger partial charge < -0.3 is 5.11 Å². The van der Waals surface area contributed by atoms with Crippen molar-refractivity contribution in [3.8, 4) is 5.75 Å². The summed E-state index contributed by atoms with van der Waals surface area (Å²) in [5, 5.41) is 10.3. The molecule has 0 aromatic heterocycles. The van der Waals surface area contributed by atoms with E-state index in [1.165, 1.54) is 0 Å². The summed E-state index contributed by atoms with van der Waals surface area (Å²) in [5.74, 6) is 0.315. The molecule has 2 rings (SSSR count). The molecule has 0 unspecified atom stereocenters. The number of para-hydroxylation sites is 2. The van der Waals surface area contributed by atoms with Crippen LogP contribution in [-0.4, -0.2) is 11.3 Å². The van der Waals surface area contributed by atoms with Crippen LogP contribution >= 0.6 is 17.0 Å². The van der Waals surface area contributed by atoms with E-state index in [0.717, 1.165) is 16.8 Å². The van der Waals surface area contributed by atoms with E-state index in [9.17, 15) is 5.11 Å². The monoisotopic (exact) mass is 413 g/mol. The number of halogens is 2. The van der Waals surface area contributed by atoms with Gasteiger partial charge in [-0.15, -0.1) is 0 Å². The van der Waals surface area contributed by atoms with Gasteiger partial charge in [0.2, 0.25) is 0 Å². The molecule has 0 aliphatic carbocycles. The van der Waals surface area contributed by atoms with Gasteiger partial charge in [0, 0.05) is 11.8 Å².